The van der Waals surface area contributed by atoms with Gasteiger partial charge in [0.1, 0.15) is 0 Å². The zero-order chi connectivity index (χ0) is 25.2. The fourth-order valence-corrected chi connectivity index (χ4v) is 5.85. The van der Waals surface area contributed by atoms with Crippen LogP contribution in [0.2, 0.25) is 0 Å². The first kappa shape index (κ1) is 24.3. The number of ketones is 1. The summed E-state index contributed by atoms with van der Waals surface area (Å²) in [7, 11) is -0.975. The lowest BCUT2D eigenvalue weighted by molar-refractivity contribution is 0.0474. The van der Waals surface area contributed by atoms with E-state index in [0.717, 1.165) is 5.56 Å². The average Bonchev–Trinajstić information content (AvgIpc) is 3.23. The summed E-state index contributed by atoms with van der Waals surface area (Å²) in [6.45, 7) is 1.33. The summed E-state index contributed by atoms with van der Waals surface area (Å²) >= 11 is 0. The highest BCUT2D eigenvalue weighted by atomic mass is 32.2. The van der Waals surface area contributed by atoms with E-state index in [-0.39, 0.29) is 22.1 Å². The topological polar surface area (TPSA) is 99.2 Å². The molecule has 35 heavy (non-hydrogen) atoms. The maximum Gasteiger partial charge on any atom is 0.338 e. The maximum absolute atomic E-state index is 13.4. The van der Waals surface area contributed by atoms with Gasteiger partial charge in [-0.25, -0.2) is 13.2 Å². The Hall–Kier alpha value is -3.85. The lowest BCUT2D eigenvalue weighted by Gasteiger charge is -2.24. The normalized spacial score (nSPS) is 14.8. The number of Topliss-reactive ketones (excluding diaryl/α,β-unsaturated/α-hetero) is 1. The number of esters is 1. The van der Waals surface area contributed by atoms with Crippen molar-refractivity contribution in [2.45, 2.75) is 24.3 Å². The average molecular weight is 496 g/mol. The third kappa shape index (κ3) is 4.72. The van der Waals surface area contributed by atoms with Crippen LogP contribution < -0.4 is 13.8 Å². The van der Waals surface area contributed by atoms with Crippen LogP contribution in [0, 0.1) is 0 Å². The van der Waals surface area contributed by atoms with Gasteiger partial charge in [-0.05, 0) is 61.4 Å². The van der Waals surface area contributed by atoms with Crippen molar-refractivity contribution in [2.75, 3.05) is 25.1 Å². The summed E-state index contributed by atoms with van der Waals surface area (Å²) in [6, 6.07) is 17.4. The zero-order valence-corrected chi connectivity index (χ0v) is 20.4. The number of benzene rings is 3. The van der Waals surface area contributed by atoms with Gasteiger partial charge in [0.05, 0.1) is 30.4 Å². The molecule has 9 heteroatoms. The number of rotatable bonds is 8. The molecule has 0 spiro atoms. The summed E-state index contributed by atoms with van der Waals surface area (Å²) < 4.78 is 43.8. The SMILES string of the molecule is COc1ccc(C(=O)COC(=O)c2cccc(S(=O)(=O)N3c4ccccc4C[C@H]3C)c2)cc1OC. The van der Waals surface area contributed by atoms with Crippen LogP contribution in [0.25, 0.3) is 0 Å². The predicted molar refractivity (Wildman–Crippen MR) is 130 cm³/mol. The highest BCUT2D eigenvalue weighted by Gasteiger charge is 2.36. The molecule has 0 aromatic heterocycles. The minimum atomic E-state index is -3.91. The number of para-hydroxylation sites is 1. The van der Waals surface area contributed by atoms with E-state index in [4.69, 9.17) is 14.2 Å². The van der Waals surface area contributed by atoms with E-state index in [1.165, 1.54) is 48.9 Å². The third-order valence-electron chi connectivity index (χ3n) is 5.81. The zero-order valence-electron chi connectivity index (χ0n) is 19.6. The number of fused-ring (bicyclic) bond motifs is 1. The van der Waals surface area contributed by atoms with Crippen LogP contribution in [0.1, 0.15) is 33.2 Å². The minimum absolute atomic E-state index is 0.0262. The Morgan fingerprint density at radius 1 is 0.914 bits per heavy atom. The summed E-state index contributed by atoms with van der Waals surface area (Å²) in [5.41, 5.74) is 1.90. The van der Waals surface area contributed by atoms with E-state index in [1.54, 1.807) is 24.3 Å². The molecule has 3 aromatic carbocycles. The van der Waals surface area contributed by atoms with Crippen LogP contribution in [0.15, 0.2) is 71.6 Å². The molecule has 4 rings (SSSR count). The second-order valence-electron chi connectivity index (χ2n) is 8.08. The van der Waals surface area contributed by atoms with Gasteiger partial charge in [-0.1, -0.05) is 24.3 Å². The van der Waals surface area contributed by atoms with Crippen molar-refractivity contribution in [1.29, 1.82) is 0 Å². The Morgan fingerprint density at radius 3 is 2.40 bits per heavy atom. The van der Waals surface area contributed by atoms with Crippen LogP contribution in [0.4, 0.5) is 5.69 Å². The summed E-state index contributed by atoms with van der Waals surface area (Å²) in [5.74, 6) is -0.398. The molecule has 0 saturated carbocycles. The van der Waals surface area contributed by atoms with Crippen LogP contribution in [0.5, 0.6) is 11.5 Å². The highest BCUT2D eigenvalue weighted by molar-refractivity contribution is 7.92. The van der Waals surface area contributed by atoms with E-state index >= 15 is 0 Å². The van der Waals surface area contributed by atoms with E-state index in [2.05, 4.69) is 0 Å². The molecule has 3 aromatic rings. The van der Waals surface area contributed by atoms with E-state index in [9.17, 15) is 18.0 Å². The van der Waals surface area contributed by atoms with Gasteiger partial charge in [-0.2, -0.15) is 0 Å². The lowest BCUT2D eigenvalue weighted by atomic mass is 10.1. The van der Waals surface area contributed by atoms with Gasteiger partial charge >= 0.3 is 5.97 Å². The highest BCUT2D eigenvalue weighted by Crippen LogP contribution is 2.36. The fraction of sp³-hybridized carbons (Fsp3) is 0.231. The number of nitrogens with zero attached hydrogens (tertiary/aromatic N) is 1. The van der Waals surface area contributed by atoms with Crippen molar-refractivity contribution in [3.05, 3.63) is 83.4 Å². The summed E-state index contributed by atoms with van der Waals surface area (Å²) in [6.07, 6.45) is 0.607. The molecule has 0 aliphatic carbocycles. The molecule has 1 heterocycles. The number of anilines is 1. The Labute approximate surface area is 204 Å². The monoisotopic (exact) mass is 495 g/mol. The van der Waals surface area contributed by atoms with Crippen LogP contribution >= 0.6 is 0 Å². The third-order valence-corrected chi connectivity index (χ3v) is 7.74. The summed E-state index contributed by atoms with van der Waals surface area (Å²) in [5, 5.41) is 0. The lowest BCUT2D eigenvalue weighted by Crippen LogP contribution is -2.35. The van der Waals surface area contributed by atoms with Crippen LogP contribution in [-0.2, 0) is 21.2 Å². The molecule has 1 aliphatic heterocycles. The first-order valence-corrected chi connectivity index (χ1v) is 12.3. The van der Waals surface area contributed by atoms with Crippen molar-refractivity contribution in [3.8, 4) is 11.5 Å². The Bertz CT molecular complexity index is 1380. The van der Waals surface area contributed by atoms with Gasteiger partial charge in [0.15, 0.2) is 23.9 Å². The Kier molecular flexibility index (Phi) is 6.79. The van der Waals surface area contributed by atoms with Crippen LogP contribution in [-0.4, -0.2) is 47.0 Å². The quantitative estimate of drug-likeness (QED) is 0.345. The number of carbonyl (C=O) groups excluding carboxylic acids is 2. The van der Waals surface area contributed by atoms with Gasteiger partial charge < -0.3 is 14.2 Å². The number of methoxy groups -OCH3 is 2. The molecule has 0 N–H and O–H groups in total. The molecule has 0 amide bonds. The molecule has 0 saturated heterocycles. The molecule has 0 radical (unpaired) electrons. The molecule has 0 bridgehead atoms. The largest absolute Gasteiger partial charge is 0.493 e. The van der Waals surface area contributed by atoms with Crippen molar-refractivity contribution in [2.24, 2.45) is 0 Å². The van der Waals surface area contributed by atoms with Gasteiger partial charge in [0.2, 0.25) is 0 Å². The summed E-state index contributed by atoms with van der Waals surface area (Å²) in [4.78, 5) is 25.1. The van der Waals surface area contributed by atoms with E-state index in [0.29, 0.717) is 23.6 Å². The molecular weight excluding hydrogens is 470 g/mol. The van der Waals surface area contributed by atoms with E-state index in [1.807, 2.05) is 19.1 Å². The predicted octanol–water partition coefficient (Wildman–Crippen LogP) is 3.88. The first-order valence-electron chi connectivity index (χ1n) is 10.9. The molecule has 1 aliphatic rings. The van der Waals surface area contributed by atoms with Gasteiger partial charge in [-0.3, -0.25) is 9.10 Å². The minimum Gasteiger partial charge on any atom is -0.493 e. The standard InChI is InChI=1S/C26H25NO7S/c1-17-13-18-7-4-5-10-22(18)27(17)35(30,31)21-9-6-8-20(14-21)26(29)34-16-23(28)19-11-12-24(32-2)25(15-19)33-3/h4-12,14-15,17H,13,16H2,1-3H3/t17-/m1/s1. The van der Waals surface area contributed by atoms with E-state index < -0.39 is 28.4 Å². The molecule has 0 fully saturated rings. The Morgan fingerprint density at radius 2 is 1.66 bits per heavy atom. The number of hydrogen-bond donors (Lipinski definition) is 0. The smallest absolute Gasteiger partial charge is 0.338 e. The van der Waals surface area contributed by atoms with Gasteiger partial charge in [0, 0.05) is 11.6 Å². The second-order valence-corrected chi connectivity index (χ2v) is 9.89. The second kappa shape index (κ2) is 9.79. The van der Waals surface area contributed by atoms with Crippen LogP contribution in [0.3, 0.4) is 0 Å². The molecule has 182 valence electrons. The van der Waals surface area contributed by atoms with Crippen molar-refractivity contribution in [1.82, 2.24) is 0 Å². The number of sulfonamides is 1. The molecule has 0 unspecified atom stereocenters. The van der Waals surface area contributed by atoms with Gasteiger partial charge in [0.25, 0.3) is 10.0 Å². The number of carbonyl (C=O) groups is 2. The first-order chi connectivity index (χ1) is 16.8. The number of hydrogen-bond acceptors (Lipinski definition) is 7. The molecular formula is C26H25NO7S. The van der Waals surface area contributed by atoms with Gasteiger partial charge in [-0.15, -0.1) is 0 Å². The molecule has 8 nitrogen and oxygen atoms in total. The van der Waals surface area contributed by atoms with Crippen molar-refractivity contribution < 1.29 is 32.2 Å². The number of ether oxygens (including phenoxy) is 3. The molecule has 1 atom stereocenters. The Balaban J connectivity index is 1.50. The maximum atomic E-state index is 13.4. The fourth-order valence-electron chi connectivity index (χ4n) is 4.11. The van der Waals surface area contributed by atoms with Crippen molar-refractivity contribution >= 4 is 27.5 Å². The van der Waals surface area contributed by atoms with Crippen molar-refractivity contribution in [3.63, 3.8) is 0 Å².